The molecule has 0 unspecified atom stereocenters. The van der Waals surface area contributed by atoms with Crippen molar-refractivity contribution in [2.45, 2.75) is 0 Å². The Labute approximate surface area is 84.5 Å². The van der Waals surface area contributed by atoms with E-state index in [2.05, 4.69) is 20.1 Å². The predicted molar refractivity (Wildman–Crippen MR) is 48.1 cm³/mol. The Bertz CT molecular complexity index is 443. The molecule has 0 aliphatic carbocycles. The van der Waals surface area contributed by atoms with Gasteiger partial charge >= 0.3 is 6.01 Å². The Morgan fingerprint density at radius 2 is 2.07 bits per heavy atom. The maximum atomic E-state index is 5.72. The fraction of sp³-hybridized carbons (Fsp3) is 0.143. The summed E-state index contributed by atoms with van der Waals surface area (Å²) >= 11 is 5.72. The van der Waals surface area contributed by atoms with Gasteiger partial charge in [0.1, 0.15) is 6.33 Å². The molecular weight excluding hydrogens is 206 g/mol. The maximum absolute atomic E-state index is 5.72. The van der Waals surface area contributed by atoms with Gasteiger partial charge in [0, 0.05) is 19.4 Å². The fourth-order valence-electron chi connectivity index (χ4n) is 0.830. The van der Waals surface area contributed by atoms with Gasteiger partial charge in [-0.25, -0.2) is 9.97 Å². The smallest absolute Gasteiger partial charge is 0.342 e. The first-order valence-corrected chi connectivity index (χ1v) is 4.13. The Morgan fingerprint density at radius 3 is 2.71 bits per heavy atom. The third kappa shape index (κ3) is 1.80. The molecule has 0 N–H and O–H groups in total. The molecule has 0 radical (unpaired) electrons. The number of ether oxygens (including phenoxy) is 1. The quantitative estimate of drug-likeness (QED) is 0.743. The Hall–Kier alpha value is -1.69. The van der Waals surface area contributed by atoms with Gasteiger partial charge in [-0.05, 0) is 0 Å². The van der Waals surface area contributed by atoms with Gasteiger partial charge in [-0.15, -0.1) is 5.10 Å². The normalized spacial score (nSPS) is 10.1. The third-order valence-corrected chi connectivity index (χ3v) is 1.65. The van der Waals surface area contributed by atoms with E-state index < -0.39 is 0 Å². The first-order chi connectivity index (χ1) is 6.75. The second-order valence-electron chi connectivity index (χ2n) is 2.46. The van der Waals surface area contributed by atoms with Crippen LogP contribution in [0.5, 0.6) is 11.9 Å². The summed E-state index contributed by atoms with van der Waals surface area (Å²) in [5, 5.41) is 4.08. The van der Waals surface area contributed by atoms with Gasteiger partial charge in [0.05, 0.1) is 0 Å². The molecule has 2 heterocycles. The fourth-order valence-corrected chi connectivity index (χ4v) is 0.973. The third-order valence-electron chi connectivity index (χ3n) is 1.39. The predicted octanol–water partition coefficient (Wildman–Crippen LogP) is 1.05. The molecule has 72 valence electrons. The molecule has 0 amide bonds. The summed E-state index contributed by atoms with van der Waals surface area (Å²) < 4.78 is 6.69. The van der Waals surface area contributed by atoms with Crippen molar-refractivity contribution in [2.24, 2.45) is 7.05 Å². The van der Waals surface area contributed by atoms with Crippen LogP contribution in [0, 0.1) is 0 Å². The van der Waals surface area contributed by atoms with Crippen molar-refractivity contribution in [3.05, 3.63) is 23.9 Å². The largest absolute Gasteiger partial charge is 0.401 e. The van der Waals surface area contributed by atoms with Crippen LogP contribution < -0.4 is 4.74 Å². The molecule has 6 nitrogen and oxygen atoms in total. The Balaban J connectivity index is 2.23. The first kappa shape index (κ1) is 8.89. The lowest BCUT2D eigenvalue weighted by Crippen LogP contribution is -1.93. The number of hydrogen-bond donors (Lipinski definition) is 0. The molecule has 0 spiro atoms. The highest BCUT2D eigenvalue weighted by Gasteiger charge is 2.07. The molecule has 0 aliphatic heterocycles. The minimum atomic E-state index is 0.181. The lowest BCUT2D eigenvalue weighted by Gasteiger charge is -1.99. The topological polar surface area (TPSA) is 65.7 Å². The molecule has 14 heavy (non-hydrogen) atoms. The molecule has 7 heteroatoms. The van der Waals surface area contributed by atoms with Crippen LogP contribution in [0.1, 0.15) is 0 Å². The zero-order chi connectivity index (χ0) is 9.97. The number of nitrogens with zero attached hydrogens (tertiary/aromatic N) is 5. The SMILES string of the molecule is Cn1cnc(Oc2nccnc2Cl)n1. The van der Waals surface area contributed by atoms with Crippen LogP contribution in [0.15, 0.2) is 18.7 Å². The zero-order valence-electron chi connectivity index (χ0n) is 7.25. The highest BCUT2D eigenvalue weighted by molar-refractivity contribution is 6.30. The van der Waals surface area contributed by atoms with Crippen LogP contribution in [0.25, 0.3) is 0 Å². The van der Waals surface area contributed by atoms with Gasteiger partial charge in [-0.3, -0.25) is 4.68 Å². The van der Waals surface area contributed by atoms with E-state index in [1.807, 2.05) is 0 Å². The van der Waals surface area contributed by atoms with Crippen LogP contribution >= 0.6 is 11.6 Å². The number of hydrogen-bond acceptors (Lipinski definition) is 5. The van der Waals surface area contributed by atoms with E-state index in [0.717, 1.165) is 0 Å². The summed E-state index contributed by atoms with van der Waals surface area (Å²) in [5.74, 6) is 0.195. The summed E-state index contributed by atoms with van der Waals surface area (Å²) in [6, 6.07) is 0.190. The lowest BCUT2D eigenvalue weighted by atomic mass is 10.7. The standard InChI is InChI=1S/C7H6ClN5O/c1-13-4-11-7(12-13)14-6-5(8)9-2-3-10-6/h2-4H,1H3. The summed E-state index contributed by atoms with van der Waals surface area (Å²) in [7, 11) is 1.73. The van der Waals surface area contributed by atoms with Crippen molar-refractivity contribution >= 4 is 11.6 Å². The number of halogens is 1. The molecule has 0 saturated heterocycles. The average molecular weight is 212 g/mol. The highest BCUT2D eigenvalue weighted by Crippen LogP contribution is 2.21. The molecule has 2 aromatic rings. The highest BCUT2D eigenvalue weighted by atomic mass is 35.5. The van der Waals surface area contributed by atoms with E-state index in [1.165, 1.54) is 23.4 Å². The second kappa shape index (κ2) is 3.59. The van der Waals surface area contributed by atoms with Crippen molar-refractivity contribution in [3.8, 4) is 11.9 Å². The Morgan fingerprint density at radius 1 is 1.29 bits per heavy atom. The summed E-state index contributed by atoms with van der Waals surface area (Å²) in [5.41, 5.74) is 0. The Kier molecular flexibility index (Phi) is 2.28. The van der Waals surface area contributed by atoms with Gasteiger partial charge in [-0.2, -0.15) is 4.98 Å². The van der Waals surface area contributed by atoms with E-state index in [1.54, 1.807) is 7.05 Å². The van der Waals surface area contributed by atoms with Crippen LogP contribution in [0.2, 0.25) is 5.15 Å². The first-order valence-electron chi connectivity index (χ1n) is 3.76. The van der Waals surface area contributed by atoms with E-state index in [0.29, 0.717) is 0 Å². The molecule has 0 fully saturated rings. The van der Waals surface area contributed by atoms with E-state index in [4.69, 9.17) is 16.3 Å². The van der Waals surface area contributed by atoms with E-state index >= 15 is 0 Å². The van der Waals surface area contributed by atoms with Crippen LogP contribution in [0.3, 0.4) is 0 Å². The van der Waals surface area contributed by atoms with Gasteiger partial charge in [0.2, 0.25) is 0 Å². The van der Waals surface area contributed by atoms with Crippen molar-refractivity contribution < 1.29 is 4.74 Å². The molecule has 0 bridgehead atoms. The summed E-state index contributed by atoms with van der Waals surface area (Å²) in [6.07, 6.45) is 4.46. The minimum Gasteiger partial charge on any atom is -0.401 e. The number of rotatable bonds is 2. The monoisotopic (exact) mass is 211 g/mol. The lowest BCUT2D eigenvalue weighted by molar-refractivity contribution is 0.420. The molecule has 0 aliphatic rings. The zero-order valence-corrected chi connectivity index (χ0v) is 8.01. The van der Waals surface area contributed by atoms with Gasteiger partial charge < -0.3 is 4.74 Å². The average Bonchev–Trinajstić information content (AvgIpc) is 2.56. The van der Waals surface area contributed by atoms with Gasteiger partial charge in [-0.1, -0.05) is 11.6 Å². The maximum Gasteiger partial charge on any atom is 0.342 e. The minimum absolute atomic E-state index is 0.181. The van der Waals surface area contributed by atoms with Crippen molar-refractivity contribution in [1.29, 1.82) is 0 Å². The van der Waals surface area contributed by atoms with Crippen molar-refractivity contribution in [3.63, 3.8) is 0 Å². The molecule has 0 saturated carbocycles. The number of aromatic nitrogens is 5. The second-order valence-corrected chi connectivity index (χ2v) is 2.81. The van der Waals surface area contributed by atoms with Crippen LogP contribution in [-0.4, -0.2) is 24.7 Å². The molecular formula is C7H6ClN5O. The molecule has 0 aromatic carbocycles. The van der Waals surface area contributed by atoms with E-state index in [-0.39, 0.29) is 17.0 Å². The molecule has 2 rings (SSSR count). The molecule has 0 atom stereocenters. The molecule has 2 aromatic heterocycles. The van der Waals surface area contributed by atoms with Crippen molar-refractivity contribution in [2.75, 3.05) is 0 Å². The van der Waals surface area contributed by atoms with Gasteiger partial charge in [0.15, 0.2) is 5.15 Å². The van der Waals surface area contributed by atoms with Gasteiger partial charge in [0.25, 0.3) is 5.88 Å². The summed E-state index contributed by atoms with van der Waals surface area (Å²) in [6.45, 7) is 0. The van der Waals surface area contributed by atoms with Crippen molar-refractivity contribution in [1.82, 2.24) is 24.7 Å². The van der Waals surface area contributed by atoms with Crippen LogP contribution in [-0.2, 0) is 7.05 Å². The summed E-state index contributed by atoms with van der Waals surface area (Å²) in [4.78, 5) is 11.5. The number of aryl methyl sites for hydroxylation is 1. The van der Waals surface area contributed by atoms with E-state index in [9.17, 15) is 0 Å². The van der Waals surface area contributed by atoms with Crippen LogP contribution in [0.4, 0.5) is 0 Å².